The minimum absolute atomic E-state index is 0.0917. The van der Waals surface area contributed by atoms with Crippen LogP contribution in [0.2, 0.25) is 0 Å². The number of aryl methyl sites for hydroxylation is 1. The van der Waals surface area contributed by atoms with E-state index in [0.29, 0.717) is 5.69 Å². The van der Waals surface area contributed by atoms with Crippen LogP contribution >= 0.6 is 0 Å². The van der Waals surface area contributed by atoms with Gasteiger partial charge < -0.3 is 10.8 Å². The molecule has 0 bridgehead atoms. The topological polar surface area (TPSA) is 92.4 Å². The highest BCUT2D eigenvalue weighted by Gasteiger charge is 2.21. The lowest BCUT2D eigenvalue weighted by atomic mass is 9.96. The molecular formula is C12H20N2O3S. The second-order valence-corrected chi connectivity index (χ2v) is 6.93. The zero-order valence-corrected chi connectivity index (χ0v) is 11.7. The summed E-state index contributed by atoms with van der Waals surface area (Å²) in [5.41, 5.74) is 6.48. The summed E-state index contributed by atoms with van der Waals surface area (Å²) in [6, 6.07) is 4.62. The summed E-state index contributed by atoms with van der Waals surface area (Å²) >= 11 is 0. The van der Waals surface area contributed by atoms with Crippen LogP contribution in [-0.4, -0.2) is 26.7 Å². The molecule has 1 aromatic carbocycles. The Balaban J connectivity index is 2.90. The predicted molar refractivity (Wildman–Crippen MR) is 71.6 cm³/mol. The maximum Gasteiger partial charge on any atom is 0.240 e. The lowest BCUT2D eigenvalue weighted by Gasteiger charge is -2.21. The van der Waals surface area contributed by atoms with E-state index in [-0.39, 0.29) is 18.0 Å². The molecule has 0 aliphatic rings. The van der Waals surface area contributed by atoms with Gasteiger partial charge in [0, 0.05) is 24.3 Å². The molecule has 0 aliphatic carbocycles. The van der Waals surface area contributed by atoms with Gasteiger partial charge in [0.25, 0.3) is 0 Å². The number of anilines is 1. The van der Waals surface area contributed by atoms with Crippen molar-refractivity contribution in [3.63, 3.8) is 0 Å². The molecule has 0 amide bonds. The maximum absolute atomic E-state index is 12.0. The summed E-state index contributed by atoms with van der Waals surface area (Å²) in [5, 5.41) is 9.09. The molecule has 0 saturated heterocycles. The molecule has 0 unspecified atom stereocenters. The van der Waals surface area contributed by atoms with Gasteiger partial charge in [0.1, 0.15) is 0 Å². The van der Waals surface area contributed by atoms with Gasteiger partial charge >= 0.3 is 0 Å². The van der Waals surface area contributed by atoms with Gasteiger partial charge in [-0.25, -0.2) is 13.1 Å². The SMILES string of the molecule is Cc1ccc(S(=O)(=O)NCC(C)(C)CO)cc1N. The van der Waals surface area contributed by atoms with Gasteiger partial charge in [-0.05, 0) is 24.6 Å². The third kappa shape index (κ3) is 3.69. The van der Waals surface area contributed by atoms with Gasteiger partial charge in [-0.1, -0.05) is 19.9 Å². The summed E-state index contributed by atoms with van der Waals surface area (Å²) in [6.07, 6.45) is 0. The Morgan fingerprint density at radius 3 is 2.50 bits per heavy atom. The van der Waals surface area contributed by atoms with E-state index in [1.54, 1.807) is 19.9 Å². The Morgan fingerprint density at radius 2 is 2.00 bits per heavy atom. The monoisotopic (exact) mass is 272 g/mol. The molecule has 1 rings (SSSR count). The van der Waals surface area contributed by atoms with Crippen LogP contribution in [0.4, 0.5) is 5.69 Å². The van der Waals surface area contributed by atoms with Crippen molar-refractivity contribution < 1.29 is 13.5 Å². The molecule has 0 aromatic heterocycles. The molecule has 0 fully saturated rings. The first kappa shape index (κ1) is 14.9. The largest absolute Gasteiger partial charge is 0.398 e. The third-order valence-electron chi connectivity index (χ3n) is 2.73. The zero-order valence-electron chi connectivity index (χ0n) is 10.9. The van der Waals surface area contributed by atoms with E-state index in [1.807, 2.05) is 6.92 Å². The average Bonchev–Trinajstić information content (AvgIpc) is 2.30. The summed E-state index contributed by atoms with van der Waals surface area (Å²) in [4.78, 5) is 0.138. The van der Waals surface area contributed by atoms with E-state index < -0.39 is 15.4 Å². The maximum atomic E-state index is 12.0. The van der Waals surface area contributed by atoms with E-state index in [2.05, 4.69) is 4.72 Å². The lowest BCUT2D eigenvalue weighted by Crippen LogP contribution is -2.36. The number of nitrogens with one attached hydrogen (secondary N) is 1. The van der Waals surface area contributed by atoms with Crippen molar-refractivity contribution in [2.24, 2.45) is 5.41 Å². The molecule has 0 spiro atoms. The molecule has 0 aliphatic heterocycles. The fraction of sp³-hybridized carbons (Fsp3) is 0.500. The number of benzene rings is 1. The smallest absolute Gasteiger partial charge is 0.240 e. The van der Waals surface area contributed by atoms with Crippen molar-refractivity contribution in [1.82, 2.24) is 4.72 Å². The van der Waals surface area contributed by atoms with Crippen LogP contribution < -0.4 is 10.5 Å². The normalized spacial score (nSPS) is 12.7. The molecule has 0 radical (unpaired) electrons. The van der Waals surface area contributed by atoms with Crippen molar-refractivity contribution in [2.75, 3.05) is 18.9 Å². The molecule has 102 valence electrons. The van der Waals surface area contributed by atoms with E-state index in [1.165, 1.54) is 12.1 Å². The minimum Gasteiger partial charge on any atom is -0.398 e. The van der Waals surface area contributed by atoms with Crippen LogP contribution in [-0.2, 0) is 10.0 Å². The summed E-state index contributed by atoms with van der Waals surface area (Å²) < 4.78 is 26.5. The van der Waals surface area contributed by atoms with Gasteiger partial charge in [0.2, 0.25) is 10.0 Å². The van der Waals surface area contributed by atoms with E-state index in [0.717, 1.165) is 5.56 Å². The molecule has 6 heteroatoms. The number of rotatable bonds is 5. The fourth-order valence-corrected chi connectivity index (χ4v) is 2.49. The van der Waals surface area contributed by atoms with E-state index in [4.69, 9.17) is 10.8 Å². The molecule has 5 nitrogen and oxygen atoms in total. The first-order valence-corrected chi connectivity index (χ1v) is 7.13. The Morgan fingerprint density at radius 1 is 1.39 bits per heavy atom. The number of nitrogen functional groups attached to an aromatic ring is 1. The van der Waals surface area contributed by atoms with E-state index >= 15 is 0 Å². The van der Waals surface area contributed by atoms with Crippen molar-refractivity contribution in [2.45, 2.75) is 25.7 Å². The van der Waals surface area contributed by atoms with Crippen molar-refractivity contribution in [3.05, 3.63) is 23.8 Å². The van der Waals surface area contributed by atoms with Crippen molar-refractivity contribution in [3.8, 4) is 0 Å². The van der Waals surface area contributed by atoms with Crippen LogP contribution in [0, 0.1) is 12.3 Å². The number of hydrogen-bond acceptors (Lipinski definition) is 4. The number of hydrogen-bond donors (Lipinski definition) is 3. The van der Waals surface area contributed by atoms with Crippen LogP contribution in [0.25, 0.3) is 0 Å². The first-order chi connectivity index (χ1) is 8.18. The standard InChI is InChI=1S/C12H20N2O3S/c1-9-4-5-10(6-11(9)13)18(16,17)14-7-12(2,3)8-15/h4-6,14-15H,7-8,13H2,1-3H3. The number of sulfonamides is 1. The Bertz CT molecular complexity index is 524. The highest BCUT2D eigenvalue weighted by atomic mass is 32.2. The van der Waals surface area contributed by atoms with Crippen molar-refractivity contribution >= 4 is 15.7 Å². The second kappa shape index (κ2) is 5.26. The summed E-state index contributed by atoms with van der Waals surface area (Å²) in [6.45, 7) is 5.44. The van der Waals surface area contributed by atoms with Gasteiger partial charge in [-0.15, -0.1) is 0 Å². The molecule has 4 N–H and O–H groups in total. The molecule has 0 saturated carbocycles. The van der Waals surface area contributed by atoms with Crippen LogP contribution in [0.3, 0.4) is 0 Å². The van der Waals surface area contributed by atoms with Gasteiger partial charge in [-0.3, -0.25) is 0 Å². The third-order valence-corrected chi connectivity index (χ3v) is 4.13. The first-order valence-electron chi connectivity index (χ1n) is 5.65. The van der Waals surface area contributed by atoms with Gasteiger partial charge in [-0.2, -0.15) is 0 Å². The quantitative estimate of drug-likeness (QED) is 0.694. The highest BCUT2D eigenvalue weighted by Crippen LogP contribution is 2.18. The minimum atomic E-state index is -3.58. The Kier molecular flexibility index (Phi) is 4.37. The number of nitrogens with two attached hydrogens (primary N) is 1. The molecular weight excluding hydrogens is 252 g/mol. The fourth-order valence-electron chi connectivity index (χ4n) is 1.22. The number of aliphatic hydroxyl groups excluding tert-OH is 1. The number of aliphatic hydroxyl groups is 1. The van der Waals surface area contributed by atoms with Crippen LogP contribution in [0.1, 0.15) is 19.4 Å². The molecule has 0 atom stereocenters. The molecule has 0 heterocycles. The highest BCUT2D eigenvalue weighted by molar-refractivity contribution is 7.89. The van der Waals surface area contributed by atoms with Crippen LogP contribution in [0.5, 0.6) is 0 Å². The summed E-state index contributed by atoms with van der Waals surface area (Å²) in [5.74, 6) is 0. The average molecular weight is 272 g/mol. The second-order valence-electron chi connectivity index (χ2n) is 5.17. The lowest BCUT2D eigenvalue weighted by molar-refractivity contribution is 0.163. The Labute approximate surface area is 108 Å². The predicted octanol–water partition coefficient (Wildman–Crippen LogP) is 0.874. The summed E-state index contributed by atoms with van der Waals surface area (Å²) in [7, 11) is -3.58. The molecule has 1 aromatic rings. The van der Waals surface area contributed by atoms with Gasteiger partial charge in [0.15, 0.2) is 0 Å². The zero-order chi connectivity index (χ0) is 14.0. The van der Waals surface area contributed by atoms with Crippen molar-refractivity contribution in [1.29, 1.82) is 0 Å². The van der Waals surface area contributed by atoms with Gasteiger partial charge in [0.05, 0.1) is 4.90 Å². The van der Waals surface area contributed by atoms with Crippen LogP contribution in [0.15, 0.2) is 23.1 Å². The van der Waals surface area contributed by atoms with E-state index in [9.17, 15) is 8.42 Å². The Hall–Kier alpha value is -1.11. The molecule has 18 heavy (non-hydrogen) atoms.